The van der Waals surface area contributed by atoms with Crippen LogP contribution in [0.2, 0.25) is 5.02 Å². The fourth-order valence-electron chi connectivity index (χ4n) is 4.12. The van der Waals surface area contributed by atoms with Crippen molar-refractivity contribution in [3.63, 3.8) is 0 Å². The van der Waals surface area contributed by atoms with Crippen LogP contribution in [-0.2, 0) is 13.6 Å². The van der Waals surface area contributed by atoms with Gasteiger partial charge in [0.2, 0.25) is 5.78 Å². The van der Waals surface area contributed by atoms with Crippen molar-refractivity contribution in [1.29, 1.82) is 0 Å². The van der Waals surface area contributed by atoms with Crippen LogP contribution >= 0.6 is 11.6 Å². The zero-order chi connectivity index (χ0) is 21.5. The Labute approximate surface area is 183 Å². The lowest BCUT2D eigenvalue weighted by atomic mass is 10.1. The fraction of sp³-hybridized carbons (Fsp3) is 0.273. The molecule has 0 spiro atoms. The minimum absolute atomic E-state index is 0.00406. The van der Waals surface area contributed by atoms with Crippen molar-refractivity contribution in [1.82, 2.24) is 24.1 Å². The van der Waals surface area contributed by atoms with Crippen molar-refractivity contribution in [2.45, 2.75) is 19.4 Å². The Morgan fingerprint density at radius 1 is 1.13 bits per heavy atom. The maximum absolute atomic E-state index is 13.0. The van der Waals surface area contributed by atoms with Gasteiger partial charge in [-0.25, -0.2) is 0 Å². The van der Waals surface area contributed by atoms with E-state index in [0.717, 1.165) is 31.4 Å². The fourth-order valence-corrected chi connectivity index (χ4v) is 4.29. The molecule has 0 atom stereocenters. The van der Waals surface area contributed by atoms with Gasteiger partial charge in [-0.1, -0.05) is 23.7 Å². The minimum atomic E-state index is -0.122. The molecule has 3 heterocycles. The van der Waals surface area contributed by atoms with Crippen LogP contribution in [0.1, 0.15) is 29.0 Å². The number of carbonyl (C=O) groups excluding carboxylic acids is 1. The van der Waals surface area contributed by atoms with E-state index >= 15 is 0 Å². The number of aromatic nitrogens is 4. The number of aryl methyl sites for hydroxylation is 1. The van der Waals surface area contributed by atoms with Crippen molar-refractivity contribution in [3.8, 4) is 0 Å². The Morgan fingerprint density at radius 2 is 1.90 bits per heavy atom. The minimum Gasteiger partial charge on any atom is -0.377 e. The molecule has 1 aliphatic heterocycles. The van der Waals surface area contributed by atoms with Crippen LogP contribution in [0.15, 0.2) is 47.3 Å². The second kappa shape index (κ2) is 7.70. The monoisotopic (exact) mass is 436 g/mol. The van der Waals surface area contributed by atoms with Crippen LogP contribution in [0.4, 0.5) is 5.69 Å². The number of benzene rings is 2. The van der Waals surface area contributed by atoms with Crippen LogP contribution < -0.4 is 10.9 Å². The predicted molar refractivity (Wildman–Crippen MR) is 120 cm³/mol. The molecule has 0 saturated carbocycles. The molecule has 1 aliphatic rings. The van der Waals surface area contributed by atoms with E-state index in [1.165, 1.54) is 4.57 Å². The zero-order valence-electron chi connectivity index (χ0n) is 17.0. The molecule has 0 aliphatic carbocycles. The van der Waals surface area contributed by atoms with E-state index in [1.54, 1.807) is 31.3 Å². The summed E-state index contributed by atoms with van der Waals surface area (Å²) in [6.45, 7) is 1.86. The van der Waals surface area contributed by atoms with Crippen LogP contribution in [0.25, 0.3) is 16.7 Å². The van der Waals surface area contributed by atoms with Crippen LogP contribution in [0, 0.1) is 0 Å². The van der Waals surface area contributed by atoms with Gasteiger partial charge in [-0.15, -0.1) is 10.2 Å². The van der Waals surface area contributed by atoms with E-state index in [9.17, 15) is 9.59 Å². The van der Waals surface area contributed by atoms with Gasteiger partial charge in [-0.2, -0.15) is 0 Å². The van der Waals surface area contributed by atoms with E-state index in [1.807, 2.05) is 27.5 Å². The van der Waals surface area contributed by atoms with Gasteiger partial charge in [-0.3, -0.25) is 18.6 Å². The molecule has 0 bridgehead atoms. The summed E-state index contributed by atoms with van der Waals surface area (Å²) >= 11 is 6.22. The van der Waals surface area contributed by atoms with E-state index in [4.69, 9.17) is 11.6 Å². The van der Waals surface area contributed by atoms with Gasteiger partial charge >= 0.3 is 0 Å². The molecule has 0 unspecified atom stereocenters. The normalized spacial score (nSPS) is 13.9. The van der Waals surface area contributed by atoms with Crippen LogP contribution in [0.3, 0.4) is 0 Å². The number of amides is 1. The summed E-state index contributed by atoms with van der Waals surface area (Å²) in [7, 11) is 1.68. The SMILES string of the molecule is Cn1c(=O)c2ccccc2n2c(CNc3cc(Cl)ccc3C(=O)N3CCCC3)nnc12. The first kappa shape index (κ1) is 19.6. The molecule has 158 valence electrons. The van der Waals surface area contributed by atoms with Gasteiger partial charge in [-0.05, 0) is 43.2 Å². The number of halogens is 1. The molecule has 1 fully saturated rings. The topological polar surface area (TPSA) is 84.5 Å². The molecule has 4 aromatic rings. The molecule has 31 heavy (non-hydrogen) atoms. The van der Waals surface area contributed by atoms with Gasteiger partial charge in [0.1, 0.15) is 0 Å². The number of likely N-dealkylation sites (tertiary alicyclic amines) is 1. The van der Waals surface area contributed by atoms with E-state index in [-0.39, 0.29) is 11.5 Å². The lowest BCUT2D eigenvalue weighted by Gasteiger charge is -2.18. The summed E-state index contributed by atoms with van der Waals surface area (Å²) in [5.74, 6) is 1.08. The first-order chi connectivity index (χ1) is 15.0. The zero-order valence-corrected chi connectivity index (χ0v) is 17.8. The number of para-hydroxylation sites is 1. The Bertz CT molecular complexity index is 1370. The van der Waals surface area contributed by atoms with Crippen LogP contribution in [0.5, 0.6) is 0 Å². The molecular formula is C22H21ClN6O2. The maximum atomic E-state index is 13.0. The molecule has 1 N–H and O–H groups in total. The summed E-state index contributed by atoms with van der Waals surface area (Å²) in [4.78, 5) is 27.5. The Hall–Kier alpha value is -3.39. The number of anilines is 1. The third kappa shape index (κ3) is 3.33. The molecule has 2 aromatic heterocycles. The Kier molecular flexibility index (Phi) is 4.86. The van der Waals surface area contributed by atoms with Crippen molar-refractivity contribution in [3.05, 3.63) is 69.2 Å². The Balaban J connectivity index is 1.53. The molecular weight excluding hydrogens is 416 g/mol. The highest BCUT2D eigenvalue weighted by Gasteiger charge is 2.22. The highest BCUT2D eigenvalue weighted by atomic mass is 35.5. The lowest BCUT2D eigenvalue weighted by molar-refractivity contribution is 0.0793. The second-order valence-corrected chi connectivity index (χ2v) is 8.11. The van der Waals surface area contributed by atoms with Crippen molar-refractivity contribution in [2.24, 2.45) is 7.05 Å². The summed E-state index contributed by atoms with van der Waals surface area (Å²) in [6, 6.07) is 12.6. The van der Waals surface area contributed by atoms with E-state index < -0.39 is 0 Å². The standard InChI is InChI=1S/C22H21ClN6O2/c1-27-20(30)16-6-2-3-7-18(16)29-19(25-26-22(27)29)13-24-17-12-14(23)8-9-15(17)21(31)28-10-4-5-11-28/h2-3,6-9,12,24H,4-5,10-11,13H2,1H3. The number of hydrogen-bond donors (Lipinski definition) is 1. The van der Waals surface area contributed by atoms with Crippen molar-refractivity contribution in [2.75, 3.05) is 18.4 Å². The van der Waals surface area contributed by atoms with Gasteiger partial charge in [0, 0.05) is 30.8 Å². The third-order valence-corrected chi connectivity index (χ3v) is 5.97. The summed E-state index contributed by atoms with van der Waals surface area (Å²) in [5, 5.41) is 13.0. The molecule has 8 nitrogen and oxygen atoms in total. The molecule has 5 rings (SSSR count). The van der Waals surface area contributed by atoms with Gasteiger partial charge in [0.05, 0.1) is 23.0 Å². The van der Waals surface area contributed by atoms with E-state index in [2.05, 4.69) is 15.5 Å². The average molecular weight is 437 g/mol. The average Bonchev–Trinajstić information content (AvgIpc) is 3.46. The highest BCUT2D eigenvalue weighted by molar-refractivity contribution is 6.31. The maximum Gasteiger partial charge on any atom is 0.262 e. The van der Waals surface area contributed by atoms with Gasteiger partial charge in [0.15, 0.2) is 5.82 Å². The number of hydrogen-bond acceptors (Lipinski definition) is 5. The molecule has 0 radical (unpaired) electrons. The highest BCUT2D eigenvalue weighted by Crippen LogP contribution is 2.25. The van der Waals surface area contributed by atoms with Gasteiger partial charge < -0.3 is 10.2 Å². The number of carbonyl (C=O) groups is 1. The molecule has 2 aromatic carbocycles. The third-order valence-electron chi connectivity index (χ3n) is 5.74. The number of rotatable bonds is 4. The van der Waals surface area contributed by atoms with Crippen molar-refractivity contribution >= 4 is 39.9 Å². The molecule has 9 heteroatoms. The van der Waals surface area contributed by atoms with Crippen LogP contribution in [-0.4, -0.2) is 43.1 Å². The lowest BCUT2D eigenvalue weighted by Crippen LogP contribution is -2.28. The Morgan fingerprint density at radius 3 is 2.71 bits per heavy atom. The molecule has 1 saturated heterocycles. The smallest absolute Gasteiger partial charge is 0.262 e. The number of nitrogens with zero attached hydrogens (tertiary/aromatic N) is 5. The molecule has 1 amide bonds. The second-order valence-electron chi connectivity index (χ2n) is 7.68. The van der Waals surface area contributed by atoms with Gasteiger partial charge in [0.25, 0.3) is 11.5 Å². The van der Waals surface area contributed by atoms with E-state index in [0.29, 0.717) is 39.8 Å². The first-order valence-electron chi connectivity index (χ1n) is 10.2. The largest absolute Gasteiger partial charge is 0.377 e. The quantitative estimate of drug-likeness (QED) is 0.531. The summed E-state index contributed by atoms with van der Waals surface area (Å²) in [5.41, 5.74) is 1.85. The number of fused-ring (bicyclic) bond motifs is 3. The summed E-state index contributed by atoms with van der Waals surface area (Å²) < 4.78 is 3.34. The predicted octanol–water partition coefficient (Wildman–Crippen LogP) is 3.08. The van der Waals surface area contributed by atoms with Crippen molar-refractivity contribution < 1.29 is 4.79 Å². The number of nitrogens with one attached hydrogen (secondary N) is 1. The first-order valence-corrected chi connectivity index (χ1v) is 10.6. The summed E-state index contributed by atoms with van der Waals surface area (Å²) in [6.07, 6.45) is 2.05.